The number of rotatable bonds is 2. The first-order valence-corrected chi connectivity index (χ1v) is 3.66. The van der Waals surface area contributed by atoms with Crippen molar-refractivity contribution in [2.24, 2.45) is 5.92 Å². The number of aliphatic carboxylic acids is 1. The molecule has 12 heavy (non-hydrogen) atoms. The monoisotopic (exact) mass is 176 g/mol. The second-order valence-electron chi connectivity index (χ2n) is 2.69. The van der Waals surface area contributed by atoms with Crippen molar-refractivity contribution in [3.05, 3.63) is 0 Å². The summed E-state index contributed by atoms with van der Waals surface area (Å²) in [6.07, 6.45) is 0.524. The van der Waals surface area contributed by atoms with Crippen LogP contribution in [0.1, 0.15) is 27.2 Å². The van der Waals surface area contributed by atoms with Gasteiger partial charge in [-0.1, -0.05) is 13.8 Å². The van der Waals surface area contributed by atoms with Crippen LogP contribution >= 0.6 is 0 Å². The molecule has 0 unspecified atom stereocenters. The van der Waals surface area contributed by atoms with Crippen LogP contribution in [0.25, 0.3) is 0 Å². The molecule has 0 atom stereocenters. The Morgan fingerprint density at radius 2 is 1.75 bits per heavy atom. The van der Waals surface area contributed by atoms with E-state index in [1.807, 2.05) is 13.8 Å². The average Bonchev–Trinajstić information content (AvgIpc) is 1.84. The fraction of sp³-hybridized carbons (Fsp3) is 0.750. The van der Waals surface area contributed by atoms with Gasteiger partial charge >= 0.3 is 5.97 Å². The fourth-order valence-electron chi connectivity index (χ4n) is 0.417. The van der Waals surface area contributed by atoms with E-state index in [9.17, 15) is 4.79 Å². The predicted molar refractivity (Wildman–Crippen MR) is 44.8 cm³/mol. The highest BCUT2D eigenvalue weighted by Gasteiger charge is 2.01. The van der Waals surface area contributed by atoms with Crippen molar-refractivity contribution >= 4 is 11.9 Å². The van der Waals surface area contributed by atoms with E-state index in [2.05, 4.69) is 4.74 Å². The molecule has 0 rings (SSSR count). The predicted octanol–water partition coefficient (Wildman–Crippen LogP) is 1.30. The summed E-state index contributed by atoms with van der Waals surface area (Å²) in [6.45, 7) is 5.05. The van der Waals surface area contributed by atoms with Crippen LogP contribution in [0.3, 0.4) is 0 Å². The molecule has 0 saturated carbocycles. The maximum atomic E-state index is 10.4. The Balaban J connectivity index is 0. The van der Waals surface area contributed by atoms with E-state index in [1.165, 1.54) is 7.11 Å². The first-order chi connectivity index (χ1) is 5.40. The summed E-state index contributed by atoms with van der Waals surface area (Å²) in [5.41, 5.74) is 0. The molecule has 72 valence electrons. The summed E-state index contributed by atoms with van der Waals surface area (Å²) in [7, 11) is 1.41. The first-order valence-electron chi connectivity index (χ1n) is 3.66. The highest BCUT2D eigenvalue weighted by molar-refractivity contribution is 5.69. The number of hydrogen-bond acceptors (Lipinski definition) is 3. The zero-order chi connectivity index (χ0) is 10.1. The molecule has 0 saturated heterocycles. The van der Waals surface area contributed by atoms with E-state index in [0.717, 1.165) is 6.92 Å². The van der Waals surface area contributed by atoms with E-state index in [4.69, 9.17) is 9.90 Å². The van der Waals surface area contributed by atoms with Gasteiger partial charge in [-0.25, -0.2) is 0 Å². The molecule has 0 aliphatic rings. The molecule has 1 N–H and O–H groups in total. The van der Waals surface area contributed by atoms with Crippen molar-refractivity contribution in [3.63, 3.8) is 0 Å². The van der Waals surface area contributed by atoms with Crippen molar-refractivity contribution in [2.45, 2.75) is 27.2 Å². The Kier molecular flexibility index (Phi) is 9.06. The van der Waals surface area contributed by atoms with Crippen LogP contribution in [0.2, 0.25) is 0 Å². The topological polar surface area (TPSA) is 63.6 Å². The van der Waals surface area contributed by atoms with E-state index in [0.29, 0.717) is 12.3 Å². The van der Waals surface area contributed by atoms with Crippen LogP contribution in [0.15, 0.2) is 0 Å². The zero-order valence-corrected chi connectivity index (χ0v) is 7.96. The van der Waals surface area contributed by atoms with Gasteiger partial charge in [0.25, 0.3) is 5.97 Å². The number of carboxylic acid groups (broad SMARTS) is 1. The summed E-state index contributed by atoms with van der Waals surface area (Å²) < 4.78 is 4.42. The van der Waals surface area contributed by atoms with Crippen LogP contribution in [-0.2, 0) is 14.3 Å². The number of esters is 1. The molecule has 0 amide bonds. The molecule has 0 bridgehead atoms. The molecular formula is C8H16O4. The second-order valence-corrected chi connectivity index (χ2v) is 2.69. The Hall–Kier alpha value is -1.06. The molecule has 0 aliphatic carbocycles. The lowest BCUT2D eigenvalue weighted by Crippen LogP contribution is -2.03. The van der Waals surface area contributed by atoms with Crippen LogP contribution in [-0.4, -0.2) is 24.2 Å². The molecule has 0 heterocycles. The summed E-state index contributed by atoms with van der Waals surface area (Å²) >= 11 is 0. The van der Waals surface area contributed by atoms with Gasteiger partial charge < -0.3 is 9.84 Å². The third-order valence-corrected chi connectivity index (χ3v) is 0.803. The smallest absolute Gasteiger partial charge is 0.305 e. The van der Waals surface area contributed by atoms with Crippen LogP contribution in [0.5, 0.6) is 0 Å². The van der Waals surface area contributed by atoms with E-state index >= 15 is 0 Å². The first kappa shape index (κ1) is 13.5. The highest BCUT2D eigenvalue weighted by Crippen LogP contribution is 1.98. The van der Waals surface area contributed by atoms with Gasteiger partial charge in [-0.2, -0.15) is 0 Å². The second kappa shape index (κ2) is 8.04. The van der Waals surface area contributed by atoms with Gasteiger partial charge in [0, 0.05) is 13.3 Å². The van der Waals surface area contributed by atoms with E-state index in [-0.39, 0.29) is 5.97 Å². The molecule has 0 aromatic rings. The maximum absolute atomic E-state index is 10.4. The molecular weight excluding hydrogens is 160 g/mol. The lowest BCUT2D eigenvalue weighted by Gasteiger charge is -1.99. The Labute approximate surface area is 72.5 Å². The summed E-state index contributed by atoms with van der Waals surface area (Å²) in [4.78, 5) is 19.4. The van der Waals surface area contributed by atoms with Crippen LogP contribution in [0.4, 0.5) is 0 Å². The van der Waals surface area contributed by atoms with Crippen LogP contribution < -0.4 is 0 Å². The largest absolute Gasteiger partial charge is 0.481 e. The molecule has 4 nitrogen and oxygen atoms in total. The molecule has 0 aliphatic heterocycles. The van der Waals surface area contributed by atoms with Gasteiger partial charge in [0.2, 0.25) is 0 Å². The highest BCUT2D eigenvalue weighted by atomic mass is 16.5. The van der Waals surface area contributed by atoms with Gasteiger partial charge in [0.1, 0.15) is 0 Å². The molecule has 0 fully saturated rings. The number of hydrogen-bond donors (Lipinski definition) is 1. The van der Waals surface area contributed by atoms with Crippen molar-refractivity contribution in [1.29, 1.82) is 0 Å². The van der Waals surface area contributed by atoms with Gasteiger partial charge in [-0.05, 0) is 5.92 Å². The van der Waals surface area contributed by atoms with Gasteiger partial charge in [-0.15, -0.1) is 0 Å². The third kappa shape index (κ3) is 23.1. The van der Waals surface area contributed by atoms with Crippen molar-refractivity contribution in [3.8, 4) is 0 Å². The SMILES string of the molecule is CC(=O)O.COC(=O)CC(C)C. The number of carbonyl (C=O) groups is 2. The lowest BCUT2D eigenvalue weighted by atomic mass is 10.1. The average molecular weight is 176 g/mol. The van der Waals surface area contributed by atoms with E-state index in [1.54, 1.807) is 0 Å². The number of carboxylic acids is 1. The summed E-state index contributed by atoms with van der Waals surface area (Å²) in [5.74, 6) is -0.553. The Morgan fingerprint density at radius 3 is 1.83 bits per heavy atom. The molecule has 0 aromatic carbocycles. The third-order valence-electron chi connectivity index (χ3n) is 0.803. The zero-order valence-electron chi connectivity index (χ0n) is 7.96. The molecule has 4 heteroatoms. The fourth-order valence-corrected chi connectivity index (χ4v) is 0.417. The quantitative estimate of drug-likeness (QED) is 0.644. The minimum Gasteiger partial charge on any atom is -0.481 e. The van der Waals surface area contributed by atoms with Crippen molar-refractivity contribution in [2.75, 3.05) is 7.11 Å². The van der Waals surface area contributed by atoms with Gasteiger partial charge in [0.05, 0.1) is 7.11 Å². The molecule has 0 aromatic heterocycles. The number of ether oxygens (including phenoxy) is 1. The minimum absolute atomic E-state index is 0.125. The minimum atomic E-state index is -0.833. The standard InChI is InChI=1S/C6H12O2.C2H4O2/c1-5(2)4-6(7)8-3;1-2(3)4/h5H,4H2,1-3H3;1H3,(H,3,4). The maximum Gasteiger partial charge on any atom is 0.305 e. The lowest BCUT2D eigenvalue weighted by molar-refractivity contribution is -0.141. The summed E-state index contributed by atoms with van der Waals surface area (Å²) in [5, 5.41) is 7.42. The van der Waals surface area contributed by atoms with Gasteiger partial charge in [-0.3, -0.25) is 9.59 Å². The van der Waals surface area contributed by atoms with E-state index < -0.39 is 5.97 Å². The molecule has 0 spiro atoms. The van der Waals surface area contributed by atoms with Crippen LogP contribution in [0, 0.1) is 5.92 Å². The Bertz CT molecular complexity index is 136. The normalized spacial score (nSPS) is 8.42. The van der Waals surface area contributed by atoms with Crippen molar-refractivity contribution < 1.29 is 19.4 Å². The Morgan fingerprint density at radius 1 is 1.42 bits per heavy atom. The number of carbonyl (C=O) groups excluding carboxylic acids is 1. The summed E-state index contributed by atoms with van der Waals surface area (Å²) in [6, 6.07) is 0. The van der Waals surface area contributed by atoms with Crippen molar-refractivity contribution in [1.82, 2.24) is 0 Å². The number of methoxy groups -OCH3 is 1. The molecule has 0 radical (unpaired) electrons. The van der Waals surface area contributed by atoms with Gasteiger partial charge in [0.15, 0.2) is 0 Å².